The van der Waals surface area contributed by atoms with E-state index in [0.29, 0.717) is 18.4 Å². The van der Waals surface area contributed by atoms with Crippen LogP contribution in [0.1, 0.15) is 25.8 Å². The van der Waals surface area contributed by atoms with E-state index in [1.807, 2.05) is 6.20 Å². The summed E-state index contributed by atoms with van der Waals surface area (Å²) in [6.07, 6.45) is 5.67. The monoisotopic (exact) mass is 274 g/mol. The molecule has 20 heavy (non-hydrogen) atoms. The van der Waals surface area contributed by atoms with E-state index in [4.69, 9.17) is 0 Å². The fraction of sp³-hybridized carbons (Fsp3) is 0.600. The number of hydrogen-bond acceptors (Lipinski definition) is 4. The van der Waals surface area contributed by atoms with Crippen molar-refractivity contribution in [1.82, 2.24) is 15.0 Å². The van der Waals surface area contributed by atoms with Gasteiger partial charge < -0.3 is 15.0 Å². The van der Waals surface area contributed by atoms with Gasteiger partial charge in [-0.15, -0.1) is 0 Å². The van der Waals surface area contributed by atoms with E-state index >= 15 is 0 Å². The number of aliphatic hydroxyl groups is 1. The highest BCUT2D eigenvalue weighted by molar-refractivity contribution is 5.90. The van der Waals surface area contributed by atoms with Crippen molar-refractivity contribution in [2.45, 2.75) is 26.7 Å². The Kier molecular flexibility index (Phi) is 3.61. The van der Waals surface area contributed by atoms with Crippen LogP contribution in [-0.2, 0) is 6.42 Å². The summed E-state index contributed by atoms with van der Waals surface area (Å²) in [7, 11) is 0. The summed E-state index contributed by atoms with van der Waals surface area (Å²) in [4.78, 5) is 14.4. The molecule has 1 aliphatic heterocycles. The number of aromatic amines is 1. The first-order chi connectivity index (χ1) is 9.74. The van der Waals surface area contributed by atoms with Gasteiger partial charge in [0.15, 0.2) is 0 Å². The van der Waals surface area contributed by atoms with E-state index in [0.717, 1.165) is 42.8 Å². The fourth-order valence-corrected chi connectivity index (χ4v) is 3.19. The lowest BCUT2D eigenvalue weighted by atomic mass is 9.87. The topological polar surface area (TPSA) is 65.0 Å². The van der Waals surface area contributed by atoms with Crippen LogP contribution in [0.2, 0.25) is 0 Å². The van der Waals surface area contributed by atoms with Crippen LogP contribution in [0.25, 0.3) is 11.0 Å². The number of piperidine rings is 1. The van der Waals surface area contributed by atoms with Gasteiger partial charge in [0.2, 0.25) is 0 Å². The molecule has 2 aromatic heterocycles. The highest BCUT2D eigenvalue weighted by Crippen LogP contribution is 2.31. The van der Waals surface area contributed by atoms with E-state index in [9.17, 15) is 5.11 Å². The zero-order chi connectivity index (χ0) is 14.1. The first-order valence-electron chi connectivity index (χ1n) is 7.41. The van der Waals surface area contributed by atoms with Crippen LogP contribution in [0, 0.1) is 11.8 Å². The number of fused-ring (bicyclic) bond motifs is 1. The lowest BCUT2D eigenvalue weighted by Crippen LogP contribution is -2.41. The Morgan fingerprint density at radius 1 is 1.45 bits per heavy atom. The van der Waals surface area contributed by atoms with Gasteiger partial charge in [0.05, 0.1) is 5.39 Å². The third kappa shape index (κ3) is 2.16. The number of hydrogen-bond donors (Lipinski definition) is 2. The number of aromatic nitrogens is 3. The molecule has 5 heteroatoms. The number of rotatable bonds is 3. The van der Waals surface area contributed by atoms with Gasteiger partial charge >= 0.3 is 0 Å². The van der Waals surface area contributed by atoms with E-state index in [-0.39, 0.29) is 0 Å². The summed E-state index contributed by atoms with van der Waals surface area (Å²) in [6.45, 7) is 6.56. The zero-order valence-electron chi connectivity index (χ0n) is 12.1. The molecule has 3 rings (SSSR count). The fourth-order valence-electron chi connectivity index (χ4n) is 3.19. The summed E-state index contributed by atoms with van der Waals surface area (Å²) in [5.41, 5.74) is 2.19. The largest absolute Gasteiger partial charge is 0.396 e. The van der Waals surface area contributed by atoms with E-state index in [1.165, 1.54) is 5.56 Å². The quantitative estimate of drug-likeness (QED) is 0.898. The molecule has 2 aromatic rings. The average molecular weight is 274 g/mol. The van der Waals surface area contributed by atoms with Crippen molar-refractivity contribution in [2.24, 2.45) is 11.8 Å². The van der Waals surface area contributed by atoms with Gasteiger partial charge in [0.25, 0.3) is 0 Å². The van der Waals surface area contributed by atoms with Crippen molar-refractivity contribution in [3.8, 4) is 0 Å². The maximum atomic E-state index is 9.39. The van der Waals surface area contributed by atoms with Crippen molar-refractivity contribution < 1.29 is 5.11 Å². The molecule has 3 heterocycles. The van der Waals surface area contributed by atoms with Gasteiger partial charge in [0.1, 0.15) is 17.8 Å². The van der Waals surface area contributed by atoms with Crippen molar-refractivity contribution in [3.05, 3.63) is 18.1 Å². The summed E-state index contributed by atoms with van der Waals surface area (Å²) in [6, 6.07) is 0. The van der Waals surface area contributed by atoms with Crippen LogP contribution in [0.5, 0.6) is 0 Å². The van der Waals surface area contributed by atoms with E-state index < -0.39 is 0 Å². The van der Waals surface area contributed by atoms with Gasteiger partial charge in [-0.3, -0.25) is 0 Å². The molecule has 5 nitrogen and oxygen atoms in total. The second-order valence-electron chi connectivity index (χ2n) is 5.74. The number of nitrogens with zero attached hydrogens (tertiary/aromatic N) is 3. The minimum atomic E-state index is 0.290. The molecule has 0 bridgehead atoms. The van der Waals surface area contributed by atoms with Gasteiger partial charge in [-0.2, -0.15) is 0 Å². The molecule has 0 aliphatic carbocycles. The minimum Gasteiger partial charge on any atom is -0.396 e. The third-order valence-corrected chi connectivity index (χ3v) is 4.53. The molecule has 0 aromatic carbocycles. The molecule has 0 radical (unpaired) electrons. The lowest BCUT2D eigenvalue weighted by molar-refractivity contribution is 0.162. The maximum Gasteiger partial charge on any atom is 0.143 e. The molecule has 0 spiro atoms. The predicted molar refractivity (Wildman–Crippen MR) is 79.8 cm³/mol. The molecule has 2 atom stereocenters. The summed E-state index contributed by atoms with van der Waals surface area (Å²) >= 11 is 0. The Morgan fingerprint density at radius 3 is 3.00 bits per heavy atom. The Morgan fingerprint density at radius 2 is 2.30 bits per heavy atom. The predicted octanol–water partition coefficient (Wildman–Crippen LogP) is 1.97. The van der Waals surface area contributed by atoms with Crippen LogP contribution >= 0.6 is 0 Å². The number of aryl methyl sites for hydroxylation is 1. The second-order valence-corrected chi connectivity index (χ2v) is 5.74. The number of H-pyrrole nitrogens is 1. The lowest BCUT2D eigenvalue weighted by Gasteiger charge is -2.37. The number of anilines is 1. The molecular weight excluding hydrogens is 252 g/mol. The molecule has 1 aliphatic rings. The molecule has 108 valence electrons. The van der Waals surface area contributed by atoms with Gasteiger partial charge in [-0.1, -0.05) is 13.8 Å². The SMILES string of the molecule is CCc1c[nH]c2ncnc(N3CCC(CO)C(C)C3)c12. The first kappa shape index (κ1) is 13.4. The maximum absolute atomic E-state index is 9.39. The molecule has 0 amide bonds. The molecule has 2 unspecified atom stereocenters. The molecule has 0 saturated carbocycles. The minimum absolute atomic E-state index is 0.290. The summed E-state index contributed by atoms with van der Waals surface area (Å²) in [5.74, 6) is 1.94. The van der Waals surface area contributed by atoms with E-state index in [2.05, 4.69) is 33.7 Å². The Balaban J connectivity index is 1.96. The third-order valence-electron chi connectivity index (χ3n) is 4.53. The zero-order valence-corrected chi connectivity index (χ0v) is 12.1. The number of nitrogens with one attached hydrogen (secondary N) is 1. The Bertz CT molecular complexity index is 595. The summed E-state index contributed by atoms with van der Waals surface area (Å²) < 4.78 is 0. The van der Waals surface area contributed by atoms with Crippen molar-refractivity contribution in [2.75, 3.05) is 24.6 Å². The van der Waals surface area contributed by atoms with Crippen LogP contribution in [0.3, 0.4) is 0 Å². The highest BCUT2D eigenvalue weighted by atomic mass is 16.3. The van der Waals surface area contributed by atoms with Crippen LogP contribution in [0.15, 0.2) is 12.5 Å². The van der Waals surface area contributed by atoms with E-state index in [1.54, 1.807) is 6.33 Å². The molecule has 2 N–H and O–H groups in total. The van der Waals surface area contributed by atoms with Crippen LogP contribution < -0.4 is 4.90 Å². The van der Waals surface area contributed by atoms with Crippen molar-refractivity contribution in [1.29, 1.82) is 0 Å². The number of aliphatic hydroxyl groups excluding tert-OH is 1. The highest BCUT2D eigenvalue weighted by Gasteiger charge is 2.27. The first-order valence-corrected chi connectivity index (χ1v) is 7.41. The Hall–Kier alpha value is -1.62. The Labute approximate surface area is 119 Å². The average Bonchev–Trinajstić information content (AvgIpc) is 2.90. The van der Waals surface area contributed by atoms with Crippen molar-refractivity contribution in [3.63, 3.8) is 0 Å². The van der Waals surface area contributed by atoms with Gasteiger partial charge in [-0.25, -0.2) is 9.97 Å². The van der Waals surface area contributed by atoms with Crippen molar-refractivity contribution >= 4 is 16.9 Å². The van der Waals surface area contributed by atoms with Gasteiger partial charge in [-0.05, 0) is 30.2 Å². The molecule has 1 saturated heterocycles. The van der Waals surface area contributed by atoms with Gasteiger partial charge in [0, 0.05) is 25.9 Å². The molecular formula is C15H22N4O. The second kappa shape index (κ2) is 5.40. The normalized spacial score (nSPS) is 23.4. The van der Waals surface area contributed by atoms with Crippen LogP contribution in [0.4, 0.5) is 5.82 Å². The van der Waals surface area contributed by atoms with Crippen LogP contribution in [-0.4, -0.2) is 39.8 Å². The smallest absolute Gasteiger partial charge is 0.143 e. The standard InChI is InChI=1S/C15H22N4O/c1-3-11-6-16-14-13(11)15(18-9-17-14)19-5-4-12(8-20)10(2)7-19/h6,9-10,12,20H,3-5,7-8H2,1-2H3,(H,16,17,18). The molecule has 1 fully saturated rings. The summed E-state index contributed by atoms with van der Waals surface area (Å²) in [5, 5.41) is 10.5.